The third kappa shape index (κ3) is 4.83. The van der Waals surface area contributed by atoms with Gasteiger partial charge in [-0.25, -0.2) is 5.84 Å². The Morgan fingerprint density at radius 2 is 2.05 bits per heavy atom. The van der Waals surface area contributed by atoms with E-state index in [1.54, 1.807) is 12.1 Å². The highest BCUT2D eigenvalue weighted by atomic mass is 16.5. The number of ether oxygens (including phenoxy) is 1. The zero-order valence-electron chi connectivity index (χ0n) is 11.5. The summed E-state index contributed by atoms with van der Waals surface area (Å²) in [5, 5.41) is 0. The van der Waals surface area contributed by atoms with Crippen LogP contribution in [-0.2, 0) is 11.3 Å². The van der Waals surface area contributed by atoms with Gasteiger partial charge in [-0.2, -0.15) is 0 Å². The molecule has 0 aliphatic heterocycles. The Hall–Kier alpha value is -2.50. The van der Waals surface area contributed by atoms with E-state index >= 15 is 0 Å². The lowest BCUT2D eigenvalue weighted by Crippen LogP contribution is -2.30. The van der Waals surface area contributed by atoms with Gasteiger partial charge in [-0.1, -0.05) is 42.5 Å². The number of rotatable bonds is 6. The average molecular weight is 283 g/mol. The first-order valence-electron chi connectivity index (χ1n) is 6.55. The molecule has 0 radical (unpaired) electrons. The molecule has 5 nitrogen and oxygen atoms in total. The molecule has 0 aliphatic rings. The molecular formula is C16H17N3O2. The quantitative estimate of drug-likeness (QED) is 0.367. The summed E-state index contributed by atoms with van der Waals surface area (Å²) in [4.78, 5) is 15.4. The zero-order valence-corrected chi connectivity index (χ0v) is 11.5. The molecular weight excluding hydrogens is 266 g/mol. The Kier molecular flexibility index (Phi) is 5.63. The van der Waals surface area contributed by atoms with Gasteiger partial charge in [0.25, 0.3) is 5.91 Å². The molecule has 2 rings (SSSR count). The van der Waals surface area contributed by atoms with Crippen LogP contribution in [0.1, 0.15) is 21.6 Å². The number of aromatic nitrogens is 1. The van der Waals surface area contributed by atoms with Crippen LogP contribution < -0.4 is 11.3 Å². The standard InChI is InChI=1S/C16H17N3O2/c17-19-16(20)14-8-9-15(18-11-14)12-21-10-4-7-13-5-2-1-3-6-13/h1-9,11H,10,12,17H2,(H,19,20). The molecule has 0 bridgehead atoms. The van der Waals surface area contributed by atoms with E-state index in [4.69, 9.17) is 10.6 Å². The molecule has 0 unspecified atom stereocenters. The minimum atomic E-state index is -0.360. The van der Waals surface area contributed by atoms with Crippen molar-refractivity contribution < 1.29 is 9.53 Å². The molecule has 1 aromatic carbocycles. The van der Waals surface area contributed by atoms with E-state index in [9.17, 15) is 4.79 Å². The maximum Gasteiger partial charge on any atom is 0.266 e. The van der Waals surface area contributed by atoms with Gasteiger partial charge in [0.1, 0.15) is 0 Å². The summed E-state index contributed by atoms with van der Waals surface area (Å²) in [5.74, 6) is 4.68. The maximum absolute atomic E-state index is 11.2. The van der Waals surface area contributed by atoms with Gasteiger partial charge >= 0.3 is 0 Å². The largest absolute Gasteiger partial charge is 0.371 e. The SMILES string of the molecule is NNC(=O)c1ccc(COCC=Cc2ccccc2)nc1. The van der Waals surface area contributed by atoms with Crippen LogP contribution in [0.3, 0.4) is 0 Å². The number of hydrogen-bond donors (Lipinski definition) is 2. The summed E-state index contributed by atoms with van der Waals surface area (Å²) >= 11 is 0. The van der Waals surface area contributed by atoms with E-state index in [0.717, 1.165) is 11.3 Å². The Bertz CT molecular complexity index is 595. The molecule has 0 spiro atoms. The predicted molar refractivity (Wildman–Crippen MR) is 81.0 cm³/mol. The Labute approximate surface area is 123 Å². The van der Waals surface area contributed by atoms with Crippen molar-refractivity contribution in [1.82, 2.24) is 10.4 Å². The monoisotopic (exact) mass is 283 g/mol. The molecule has 5 heteroatoms. The topological polar surface area (TPSA) is 77.2 Å². The molecule has 0 saturated heterocycles. The normalized spacial score (nSPS) is 10.7. The molecule has 0 aliphatic carbocycles. The van der Waals surface area contributed by atoms with E-state index in [1.807, 2.05) is 42.5 Å². The third-order valence-electron chi connectivity index (χ3n) is 2.79. The number of benzene rings is 1. The number of carbonyl (C=O) groups is 1. The molecule has 0 saturated carbocycles. The summed E-state index contributed by atoms with van der Waals surface area (Å²) in [6.45, 7) is 0.894. The lowest BCUT2D eigenvalue weighted by molar-refractivity contribution is 0.0953. The number of nitrogens with zero attached hydrogens (tertiary/aromatic N) is 1. The van der Waals surface area contributed by atoms with Gasteiger partial charge in [0, 0.05) is 6.20 Å². The van der Waals surface area contributed by atoms with Crippen molar-refractivity contribution in [2.75, 3.05) is 6.61 Å². The van der Waals surface area contributed by atoms with E-state index in [2.05, 4.69) is 10.4 Å². The zero-order chi connectivity index (χ0) is 14.9. The summed E-state index contributed by atoms with van der Waals surface area (Å²) < 4.78 is 5.49. The molecule has 1 heterocycles. The summed E-state index contributed by atoms with van der Waals surface area (Å²) in [5.41, 5.74) is 4.37. The van der Waals surface area contributed by atoms with Crippen molar-refractivity contribution in [3.63, 3.8) is 0 Å². The van der Waals surface area contributed by atoms with Gasteiger partial charge in [0.15, 0.2) is 0 Å². The van der Waals surface area contributed by atoms with Crippen molar-refractivity contribution in [3.8, 4) is 0 Å². The van der Waals surface area contributed by atoms with Crippen molar-refractivity contribution in [2.45, 2.75) is 6.61 Å². The predicted octanol–water partition coefficient (Wildman–Crippen LogP) is 1.92. The van der Waals surface area contributed by atoms with Gasteiger partial charge in [-0.05, 0) is 17.7 Å². The fraction of sp³-hybridized carbons (Fsp3) is 0.125. The van der Waals surface area contributed by atoms with E-state index < -0.39 is 0 Å². The van der Waals surface area contributed by atoms with Crippen LogP contribution in [0.5, 0.6) is 0 Å². The average Bonchev–Trinajstić information content (AvgIpc) is 2.55. The second-order valence-corrected chi connectivity index (χ2v) is 4.34. The third-order valence-corrected chi connectivity index (χ3v) is 2.79. The summed E-state index contributed by atoms with van der Waals surface area (Å²) in [6, 6.07) is 13.4. The summed E-state index contributed by atoms with van der Waals surface area (Å²) in [7, 11) is 0. The number of nitrogens with one attached hydrogen (secondary N) is 1. The van der Waals surface area contributed by atoms with Crippen molar-refractivity contribution in [3.05, 3.63) is 71.6 Å². The second kappa shape index (κ2) is 7.94. The highest BCUT2D eigenvalue weighted by molar-refractivity contribution is 5.93. The van der Waals surface area contributed by atoms with E-state index in [1.165, 1.54) is 6.20 Å². The fourth-order valence-corrected chi connectivity index (χ4v) is 1.71. The first-order valence-corrected chi connectivity index (χ1v) is 6.55. The maximum atomic E-state index is 11.2. The highest BCUT2D eigenvalue weighted by Crippen LogP contribution is 2.03. The molecule has 108 valence electrons. The molecule has 2 aromatic rings. The number of carbonyl (C=O) groups excluding carboxylic acids is 1. The molecule has 0 atom stereocenters. The van der Waals surface area contributed by atoms with Gasteiger partial charge in [-0.3, -0.25) is 15.2 Å². The first kappa shape index (κ1) is 14.9. The van der Waals surface area contributed by atoms with Crippen molar-refractivity contribution >= 4 is 12.0 Å². The van der Waals surface area contributed by atoms with Gasteiger partial charge in [0.2, 0.25) is 0 Å². The minimum absolute atomic E-state index is 0.360. The van der Waals surface area contributed by atoms with Crippen LogP contribution in [0, 0.1) is 0 Å². The lowest BCUT2D eigenvalue weighted by atomic mass is 10.2. The number of nitrogens with two attached hydrogens (primary N) is 1. The Morgan fingerprint density at radius 1 is 1.24 bits per heavy atom. The molecule has 1 amide bonds. The summed E-state index contributed by atoms with van der Waals surface area (Å²) in [6.07, 6.45) is 5.42. The number of hydrogen-bond acceptors (Lipinski definition) is 4. The van der Waals surface area contributed by atoms with Crippen LogP contribution in [0.15, 0.2) is 54.7 Å². The molecule has 1 aromatic heterocycles. The van der Waals surface area contributed by atoms with Gasteiger partial charge < -0.3 is 4.74 Å². The molecule has 21 heavy (non-hydrogen) atoms. The fourth-order valence-electron chi connectivity index (χ4n) is 1.71. The van der Waals surface area contributed by atoms with Crippen molar-refractivity contribution in [1.29, 1.82) is 0 Å². The smallest absolute Gasteiger partial charge is 0.266 e. The Morgan fingerprint density at radius 3 is 2.71 bits per heavy atom. The second-order valence-electron chi connectivity index (χ2n) is 4.34. The van der Waals surface area contributed by atoms with Crippen LogP contribution in [-0.4, -0.2) is 17.5 Å². The van der Waals surface area contributed by atoms with Crippen LogP contribution >= 0.6 is 0 Å². The van der Waals surface area contributed by atoms with Crippen molar-refractivity contribution in [2.24, 2.45) is 5.84 Å². The lowest BCUT2D eigenvalue weighted by Gasteiger charge is -2.03. The Balaban J connectivity index is 1.76. The van der Waals surface area contributed by atoms with Crippen LogP contribution in [0.4, 0.5) is 0 Å². The highest BCUT2D eigenvalue weighted by Gasteiger charge is 2.03. The van der Waals surface area contributed by atoms with Crippen LogP contribution in [0.25, 0.3) is 6.08 Å². The van der Waals surface area contributed by atoms with E-state index in [-0.39, 0.29) is 5.91 Å². The van der Waals surface area contributed by atoms with E-state index in [0.29, 0.717) is 18.8 Å². The minimum Gasteiger partial charge on any atom is -0.371 e. The number of hydrazine groups is 1. The molecule has 3 N–H and O–H groups in total. The number of amides is 1. The number of pyridine rings is 1. The van der Waals surface area contributed by atoms with Gasteiger partial charge in [-0.15, -0.1) is 0 Å². The van der Waals surface area contributed by atoms with Crippen LogP contribution in [0.2, 0.25) is 0 Å². The first-order chi connectivity index (χ1) is 10.3. The number of nitrogen functional groups attached to an aromatic ring is 1. The molecule has 0 fully saturated rings. The van der Waals surface area contributed by atoms with Gasteiger partial charge in [0.05, 0.1) is 24.5 Å².